The summed E-state index contributed by atoms with van der Waals surface area (Å²) >= 11 is 3.54. The van der Waals surface area contributed by atoms with Crippen LogP contribution in [0.1, 0.15) is 27.7 Å². The summed E-state index contributed by atoms with van der Waals surface area (Å²) in [6.45, 7) is 8.19. The van der Waals surface area contributed by atoms with Crippen LogP contribution in [-0.2, 0) is 9.31 Å². The Morgan fingerprint density at radius 3 is 2.37 bits per heavy atom. The fourth-order valence-electron chi connectivity index (χ4n) is 2.17. The van der Waals surface area contributed by atoms with Crippen molar-refractivity contribution >= 4 is 28.7 Å². The van der Waals surface area contributed by atoms with E-state index in [1.165, 1.54) is 0 Å². The molecule has 0 saturated carbocycles. The topological polar surface area (TPSA) is 30.8 Å². The largest absolute Gasteiger partial charge is 0.514 e. The van der Waals surface area contributed by atoms with Crippen LogP contribution < -0.4 is 0 Å². The molecule has 2 heterocycles. The van der Waals surface area contributed by atoms with Crippen molar-refractivity contribution in [2.75, 3.05) is 0 Å². The molecule has 99 valence electrons. The summed E-state index contributed by atoms with van der Waals surface area (Å²) in [5.74, 6) is 0. The smallest absolute Gasteiger partial charge is 0.398 e. The van der Waals surface area contributed by atoms with Gasteiger partial charge in [0.15, 0.2) is 0 Å². The van der Waals surface area contributed by atoms with E-state index in [0.717, 1.165) is 21.7 Å². The average molecular weight is 321 g/mol. The molecule has 3 rings (SSSR count). The molecular weight excluding hydrogens is 305 g/mol. The van der Waals surface area contributed by atoms with E-state index in [2.05, 4.69) is 20.9 Å². The number of allylic oxidation sites excluding steroid dienone is 5. The lowest BCUT2D eigenvalue weighted by molar-refractivity contribution is 0.00578. The SMILES string of the molecule is CC1(C)OB(C2=NC3=CC=C[C](Br)C3=C2)OC1(C)C. The van der Waals surface area contributed by atoms with Gasteiger partial charge in [-0.15, -0.1) is 0 Å². The quantitative estimate of drug-likeness (QED) is 0.693. The van der Waals surface area contributed by atoms with Crippen LogP contribution >= 0.6 is 15.9 Å². The van der Waals surface area contributed by atoms with Crippen molar-refractivity contribution in [3.05, 3.63) is 40.4 Å². The van der Waals surface area contributed by atoms with Gasteiger partial charge in [-0.1, -0.05) is 28.1 Å². The van der Waals surface area contributed by atoms with Gasteiger partial charge in [-0.3, -0.25) is 4.99 Å². The first kappa shape index (κ1) is 13.3. The number of aliphatic imine (C=N–C) groups is 1. The summed E-state index contributed by atoms with van der Waals surface area (Å²) in [5, 5.41) is 0. The molecule has 0 unspecified atom stereocenters. The van der Waals surface area contributed by atoms with Gasteiger partial charge in [0.2, 0.25) is 0 Å². The molecule has 19 heavy (non-hydrogen) atoms. The Morgan fingerprint density at radius 1 is 1.16 bits per heavy atom. The Labute approximate surface area is 122 Å². The predicted molar refractivity (Wildman–Crippen MR) is 81.0 cm³/mol. The minimum atomic E-state index is -0.399. The molecule has 0 N–H and O–H groups in total. The maximum atomic E-state index is 6.02. The van der Waals surface area contributed by atoms with Crippen LogP contribution in [-0.4, -0.2) is 23.9 Å². The highest BCUT2D eigenvalue weighted by molar-refractivity contribution is 9.11. The van der Waals surface area contributed by atoms with Crippen LogP contribution in [0.4, 0.5) is 0 Å². The minimum absolute atomic E-state index is 0.333. The number of halogens is 1. The van der Waals surface area contributed by atoms with Crippen molar-refractivity contribution < 1.29 is 9.31 Å². The first-order valence-corrected chi connectivity index (χ1v) is 7.17. The first-order chi connectivity index (χ1) is 8.80. The summed E-state index contributed by atoms with van der Waals surface area (Å²) in [6, 6.07) is 0. The zero-order chi connectivity index (χ0) is 13.8. The van der Waals surface area contributed by atoms with Gasteiger partial charge in [-0.2, -0.15) is 0 Å². The number of hydrogen-bond acceptors (Lipinski definition) is 3. The number of nitrogens with zero attached hydrogens (tertiary/aromatic N) is 1. The van der Waals surface area contributed by atoms with Gasteiger partial charge >= 0.3 is 7.12 Å². The third-order valence-corrected chi connectivity index (χ3v) is 4.76. The average Bonchev–Trinajstić information content (AvgIpc) is 2.80. The van der Waals surface area contributed by atoms with Crippen molar-refractivity contribution in [2.45, 2.75) is 38.9 Å². The molecule has 2 aliphatic heterocycles. The van der Waals surface area contributed by atoms with Crippen LogP contribution in [0, 0.1) is 4.83 Å². The maximum Gasteiger partial charge on any atom is 0.514 e. The molecule has 0 aromatic carbocycles. The van der Waals surface area contributed by atoms with E-state index in [4.69, 9.17) is 9.31 Å². The molecule has 0 bridgehead atoms. The van der Waals surface area contributed by atoms with Gasteiger partial charge in [0.25, 0.3) is 0 Å². The van der Waals surface area contributed by atoms with Crippen LogP contribution in [0.2, 0.25) is 0 Å². The van der Waals surface area contributed by atoms with Crippen LogP contribution in [0.5, 0.6) is 0 Å². The number of fused-ring (bicyclic) bond motifs is 1. The number of rotatable bonds is 1. The van der Waals surface area contributed by atoms with Gasteiger partial charge in [-0.05, 0) is 39.8 Å². The Bertz CT molecular complexity index is 530. The van der Waals surface area contributed by atoms with Gasteiger partial charge in [0.05, 0.1) is 27.3 Å². The second kappa shape index (κ2) is 4.17. The molecule has 3 aliphatic rings. The van der Waals surface area contributed by atoms with E-state index in [1.807, 2.05) is 52.0 Å². The zero-order valence-corrected chi connectivity index (χ0v) is 13.1. The lowest BCUT2D eigenvalue weighted by Crippen LogP contribution is -2.41. The van der Waals surface area contributed by atoms with E-state index < -0.39 is 7.12 Å². The molecule has 1 fully saturated rings. The van der Waals surface area contributed by atoms with Crippen LogP contribution in [0.25, 0.3) is 0 Å². The highest BCUT2D eigenvalue weighted by Crippen LogP contribution is 2.40. The van der Waals surface area contributed by atoms with Crippen molar-refractivity contribution in [3.8, 4) is 0 Å². The second-order valence-corrected chi connectivity index (χ2v) is 6.80. The second-order valence-electron chi connectivity index (χ2n) is 5.94. The third-order valence-electron chi connectivity index (χ3n) is 4.07. The molecule has 0 spiro atoms. The van der Waals surface area contributed by atoms with Gasteiger partial charge in [-0.25, -0.2) is 0 Å². The summed E-state index contributed by atoms with van der Waals surface area (Å²) in [4.78, 5) is 5.65. The summed E-state index contributed by atoms with van der Waals surface area (Å²) in [7, 11) is -0.399. The molecule has 3 nitrogen and oxygen atoms in total. The van der Waals surface area contributed by atoms with Gasteiger partial charge in [0, 0.05) is 5.57 Å². The van der Waals surface area contributed by atoms with Gasteiger partial charge < -0.3 is 9.31 Å². The summed E-state index contributed by atoms with van der Waals surface area (Å²) in [5.41, 5.74) is 2.21. The van der Waals surface area contributed by atoms with Crippen molar-refractivity contribution in [1.29, 1.82) is 0 Å². The van der Waals surface area contributed by atoms with Crippen molar-refractivity contribution in [1.82, 2.24) is 0 Å². The monoisotopic (exact) mass is 320 g/mol. The molecule has 0 atom stereocenters. The fourth-order valence-corrected chi connectivity index (χ4v) is 2.64. The van der Waals surface area contributed by atoms with Crippen LogP contribution in [0.15, 0.2) is 40.6 Å². The normalized spacial score (nSPS) is 28.1. The molecule has 0 aromatic rings. The van der Waals surface area contributed by atoms with E-state index in [-0.39, 0.29) is 11.2 Å². The molecule has 1 saturated heterocycles. The molecule has 5 heteroatoms. The van der Waals surface area contributed by atoms with Crippen molar-refractivity contribution in [2.24, 2.45) is 4.99 Å². The fraction of sp³-hybridized carbons (Fsp3) is 0.429. The molecule has 0 amide bonds. The van der Waals surface area contributed by atoms with E-state index in [9.17, 15) is 0 Å². The minimum Gasteiger partial charge on any atom is -0.398 e. The Balaban J connectivity index is 1.88. The molecule has 1 aliphatic carbocycles. The lowest BCUT2D eigenvalue weighted by atomic mass is 9.82. The predicted octanol–water partition coefficient (Wildman–Crippen LogP) is 3.38. The highest BCUT2D eigenvalue weighted by atomic mass is 79.9. The summed E-state index contributed by atoms with van der Waals surface area (Å²) in [6.07, 6.45) is 8.02. The maximum absolute atomic E-state index is 6.02. The molecular formula is C14H16BBrNO2. The molecule has 0 aromatic heterocycles. The molecule has 1 radical (unpaired) electrons. The highest BCUT2D eigenvalue weighted by Gasteiger charge is 2.53. The Kier molecular flexibility index (Phi) is 2.93. The van der Waals surface area contributed by atoms with Gasteiger partial charge in [0.1, 0.15) is 0 Å². The number of hydrogen-bond donors (Lipinski definition) is 0. The third kappa shape index (κ3) is 2.08. The summed E-state index contributed by atoms with van der Waals surface area (Å²) < 4.78 is 12.0. The van der Waals surface area contributed by atoms with E-state index in [0.29, 0.717) is 0 Å². The van der Waals surface area contributed by atoms with E-state index >= 15 is 0 Å². The first-order valence-electron chi connectivity index (χ1n) is 6.38. The van der Waals surface area contributed by atoms with E-state index in [1.54, 1.807) is 0 Å². The lowest BCUT2D eigenvalue weighted by Gasteiger charge is -2.32. The zero-order valence-electron chi connectivity index (χ0n) is 11.5. The standard InChI is InChI=1S/C14H16BBrNO2/c1-13(2)14(3,4)19-15(18-13)12-8-9-10(16)6-5-7-11(9)17-12/h5-8H,1-4H3. The van der Waals surface area contributed by atoms with Crippen molar-refractivity contribution in [3.63, 3.8) is 0 Å². The van der Waals surface area contributed by atoms with Crippen LogP contribution in [0.3, 0.4) is 0 Å². The Hall–Kier alpha value is -0.645. The Morgan fingerprint density at radius 2 is 1.79 bits per heavy atom.